The van der Waals surface area contributed by atoms with Gasteiger partial charge in [0.15, 0.2) is 5.78 Å². The van der Waals surface area contributed by atoms with Gasteiger partial charge in [0.1, 0.15) is 5.82 Å². The fourth-order valence-corrected chi connectivity index (χ4v) is 3.81. The van der Waals surface area contributed by atoms with E-state index < -0.39 is 0 Å². The average molecular weight is 307 g/mol. The third kappa shape index (κ3) is 2.37. The smallest absolute Gasteiger partial charge is 0.159 e. The molecule has 0 amide bonds. The highest BCUT2D eigenvalue weighted by molar-refractivity contribution is 5.95. The van der Waals surface area contributed by atoms with Crippen LogP contribution in [0, 0.1) is 11.7 Å². The van der Waals surface area contributed by atoms with Crippen LogP contribution >= 0.6 is 0 Å². The first-order valence-electron chi connectivity index (χ1n) is 7.97. The number of Topliss-reactive ketones (excluding diaryl/α,β-unsaturated/α-hetero) is 1. The number of ketones is 1. The highest BCUT2D eigenvalue weighted by Crippen LogP contribution is 2.49. The molecule has 0 fully saturated rings. The molecule has 2 aromatic carbocycles. The number of rotatable bonds is 2. The largest absolute Gasteiger partial charge is 0.378 e. The van der Waals surface area contributed by atoms with Crippen molar-refractivity contribution in [3.63, 3.8) is 0 Å². The Morgan fingerprint density at radius 3 is 2.70 bits per heavy atom. The number of carbonyl (C=O) groups is 1. The van der Waals surface area contributed by atoms with Crippen LogP contribution < -0.4 is 5.32 Å². The summed E-state index contributed by atoms with van der Waals surface area (Å²) < 4.78 is 13.2. The summed E-state index contributed by atoms with van der Waals surface area (Å²) in [5, 5.41) is 3.60. The molecule has 23 heavy (non-hydrogen) atoms. The minimum absolute atomic E-state index is 0.0898. The lowest BCUT2D eigenvalue weighted by Gasteiger charge is -2.37. The monoisotopic (exact) mass is 307 g/mol. The first-order chi connectivity index (χ1) is 11.1. The highest BCUT2D eigenvalue weighted by Gasteiger charge is 2.37. The van der Waals surface area contributed by atoms with E-state index in [4.69, 9.17) is 0 Å². The van der Waals surface area contributed by atoms with Gasteiger partial charge in [-0.05, 0) is 60.7 Å². The molecule has 1 N–H and O–H groups in total. The lowest BCUT2D eigenvalue weighted by Crippen LogP contribution is -2.29. The summed E-state index contributed by atoms with van der Waals surface area (Å²) in [4.78, 5) is 11.7. The Bertz CT molecular complexity index is 794. The van der Waals surface area contributed by atoms with E-state index in [0.29, 0.717) is 11.8 Å². The third-order valence-corrected chi connectivity index (χ3v) is 5.00. The van der Waals surface area contributed by atoms with Gasteiger partial charge in [-0.2, -0.15) is 0 Å². The second kappa shape index (κ2) is 5.34. The summed E-state index contributed by atoms with van der Waals surface area (Å²) in [6.45, 7) is 1.60. The zero-order valence-electron chi connectivity index (χ0n) is 12.9. The van der Waals surface area contributed by atoms with Crippen LogP contribution in [0.25, 0.3) is 0 Å². The van der Waals surface area contributed by atoms with Crippen molar-refractivity contribution in [3.05, 3.63) is 77.1 Å². The van der Waals surface area contributed by atoms with E-state index in [1.165, 1.54) is 17.7 Å². The maximum absolute atomic E-state index is 13.2. The van der Waals surface area contributed by atoms with E-state index in [9.17, 15) is 9.18 Å². The molecule has 116 valence electrons. The minimum Gasteiger partial charge on any atom is -0.378 e. The van der Waals surface area contributed by atoms with Crippen LogP contribution in [0.4, 0.5) is 10.1 Å². The van der Waals surface area contributed by atoms with Crippen LogP contribution in [-0.4, -0.2) is 5.78 Å². The second-order valence-electron chi connectivity index (χ2n) is 6.39. The maximum atomic E-state index is 13.2. The molecule has 4 rings (SSSR count). The van der Waals surface area contributed by atoms with Gasteiger partial charge in [-0.15, -0.1) is 0 Å². The number of anilines is 1. The first-order valence-corrected chi connectivity index (χ1v) is 7.97. The molecule has 0 unspecified atom stereocenters. The predicted octanol–water partition coefficient (Wildman–Crippen LogP) is 4.85. The topological polar surface area (TPSA) is 29.1 Å². The lowest BCUT2D eigenvalue weighted by molar-refractivity contribution is 0.101. The highest BCUT2D eigenvalue weighted by atomic mass is 19.1. The number of hydrogen-bond acceptors (Lipinski definition) is 2. The molecular formula is C20H18FNO. The summed E-state index contributed by atoms with van der Waals surface area (Å²) in [6.07, 6.45) is 5.44. The molecule has 0 spiro atoms. The lowest BCUT2D eigenvalue weighted by atomic mass is 9.76. The molecule has 1 aliphatic carbocycles. The minimum atomic E-state index is -0.211. The van der Waals surface area contributed by atoms with Crippen molar-refractivity contribution in [1.29, 1.82) is 0 Å². The Hall–Kier alpha value is -2.42. The molecule has 0 bridgehead atoms. The van der Waals surface area contributed by atoms with E-state index in [0.717, 1.165) is 23.2 Å². The van der Waals surface area contributed by atoms with E-state index in [1.807, 2.05) is 30.3 Å². The Morgan fingerprint density at radius 2 is 1.96 bits per heavy atom. The molecule has 3 heteroatoms. The first kappa shape index (κ1) is 14.2. The summed E-state index contributed by atoms with van der Waals surface area (Å²) in [7, 11) is 0. The van der Waals surface area contributed by atoms with Crippen molar-refractivity contribution in [2.45, 2.75) is 25.3 Å². The van der Waals surface area contributed by atoms with Gasteiger partial charge in [0.25, 0.3) is 0 Å². The van der Waals surface area contributed by atoms with Gasteiger partial charge in [-0.25, -0.2) is 4.39 Å². The fraction of sp³-hybridized carbons (Fsp3) is 0.250. The Balaban J connectivity index is 1.77. The van der Waals surface area contributed by atoms with Crippen molar-refractivity contribution in [2.24, 2.45) is 5.92 Å². The van der Waals surface area contributed by atoms with Gasteiger partial charge in [0, 0.05) is 17.2 Å². The molecule has 1 aliphatic heterocycles. The molecule has 1 heterocycles. The van der Waals surface area contributed by atoms with Crippen molar-refractivity contribution in [2.75, 3.05) is 5.32 Å². The van der Waals surface area contributed by atoms with Crippen LogP contribution in [0.15, 0.2) is 54.6 Å². The summed E-state index contributed by atoms with van der Waals surface area (Å²) >= 11 is 0. The standard InChI is InChI=1S/C20H18FNO/c1-12(23)14-7-10-19-18(11-14)16-3-2-4-17(16)20(22-19)13-5-8-15(21)9-6-13/h2-3,5-11,16-17,20,22H,4H2,1H3/t16-,17+,20+/m1/s1. The molecule has 0 saturated carbocycles. The van der Waals surface area contributed by atoms with Gasteiger partial charge >= 0.3 is 0 Å². The van der Waals surface area contributed by atoms with Crippen LogP contribution in [0.2, 0.25) is 0 Å². The van der Waals surface area contributed by atoms with Crippen molar-refractivity contribution < 1.29 is 9.18 Å². The number of carbonyl (C=O) groups excluding carboxylic acids is 1. The molecule has 3 atom stereocenters. The number of nitrogens with one attached hydrogen (secondary N) is 1. The normalized spacial score (nSPS) is 24.7. The SMILES string of the molecule is CC(=O)c1ccc2c(c1)[C@@H]1C=CC[C@@H]1[C@H](c1ccc(F)cc1)N2. The van der Waals surface area contributed by atoms with Gasteiger partial charge < -0.3 is 5.32 Å². The van der Waals surface area contributed by atoms with Gasteiger partial charge in [-0.1, -0.05) is 24.3 Å². The number of allylic oxidation sites excluding steroid dienone is 2. The molecule has 2 nitrogen and oxygen atoms in total. The van der Waals surface area contributed by atoms with E-state index in [1.54, 1.807) is 6.92 Å². The van der Waals surface area contributed by atoms with Crippen molar-refractivity contribution >= 4 is 11.5 Å². The van der Waals surface area contributed by atoms with Crippen molar-refractivity contribution in [1.82, 2.24) is 0 Å². The van der Waals surface area contributed by atoms with Gasteiger partial charge in [0.2, 0.25) is 0 Å². The summed E-state index contributed by atoms with van der Waals surface area (Å²) in [5.41, 5.74) is 4.11. The quantitative estimate of drug-likeness (QED) is 0.634. The molecule has 0 saturated heterocycles. The van der Waals surface area contributed by atoms with Crippen molar-refractivity contribution in [3.8, 4) is 0 Å². The van der Waals surface area contributed by atoms with Crippen LogP contribution in [0.5, 0.6) is 0 Å². The van der Waals surface area contributed by atoms with Crippen LogP contribution in [0.1, 0.15) is 46.8 Å². The molecule has 2 aliphatic rings. The summed E-state index contributed by atoms with van der Waals surface area (Å²) in [5.74, 6) is 0.583. The Morgan fingerprint density at radius 1 is 1.17 bits per heavy atom. The number of halogens is 1. The molecule has 0 radical (unpaired) electrons. The van der Waals surface area contributed by atoms with E-state index >= 15 is 0 Å². The predicted molar refractivity (Wildman–Crippen MR) is 89.2 cm³/mol. The Kier molecular flexibility index (Phi) is 3.29. The van der Waals surface area contributed by atoms with Gasteiger partial charge in [-0.3, -0.25) is 4.79 Å². The third-order valence-electron chi connectivity index (χ3n) is 5.00. The van der Waals surface area contributed by atoms with E-state index in [2.05, 4.69) is 17.5 Å². The summed E-state index contributed by atoms with van der Waals surface area (Å²) in [6, 6.07) is 12.8. The molecule has 0 aromatic heterocycles. The number of fused-ring (bicyclic) bond motifs is 3. The molecular weight excluding hydrogens is 289 g/mol. The zero-order chi connectivity index (χ0) is 16.0. The fourth-order valence-electron chi connectivity index (χ4n) is 3.81. The zero-order valence-corrected chi connectivity index (χ0v) is 12.9. The van der Waals surface area contributed by atoms with Crippen LogP contribution in [-0.2, 0) is 0 Å². The number of hydrogen-bond donors (Lipinski definition) is 1. The average Bonchev–Trinajstić information content (AvgIpc) is 3.04. The van der Waals surface area contributed by atoms with Gasteiger partial charge in [0.05, 0.1) is 6.04 Å². The maximum Gasteiger partial charge on any atom is 0.159 e. The second-order valence-corrected chi connectivity index (χ2v) is 6.39. The molecule has 2 aromatic rings. The number of benzene rings is 2. The van der Waals surface area contributed by atoms with E-state index in [-0.39, 0.29) is 17.6 Å². The Labute approximate surface area is 135 Å². The van der Waals surface area contributed by atoms with Crippen LogP contribution in [0.3, 0.4) is 0 Å².